The second kappa shape index (κ2) is 4.86. The van der Waals surface area contributed by atoms with Gasteiger partial charge in [-0.2, -0.15) is 0 Å². The Morgan fingerprint density at radius 1 is 1.20 bits per heavy atom. The van der Waals surface area contributed by atoms with Gasteiger partial charge in [-0.05, 0) is 29.8 Å². The standard InChI is InChI=1S/C14H8ClNO4/c15-12-9(6-7-19-12)11-10(14(17)18)16-13(20-11)8-4-2-1-3-5-8/h1-7H,(H,17,18). The number of carboxylic acid groups (broad SMARTS) is 1. The van der Waals surface area contributed by atoms with Gasteiger partial charge in [0.15, 0.2) is 11.5 Å². The lowest BCUT2D eigenvalue weighted by Crippen LogP contribution is -1.98. The van der Waals surface area contributed by atoms with Gasteiger partial charge in [0.25, 0.3) is 0 Å². The molecular weight excluding hydrogens is 282 g/mol. The number of halogens is 1. The van der Waals surface area contributed by atoms with E-state index in [4.69, 9.17) is 20.4 Å². The van der Waals surface area contributed by atoms with E-state index in [2.05, 4.69) is 4.98 Å². The zero-order valence-electron chi connectivity index (χ0n) is 10.0. The number of hydrogen-bond donors (Lipinski definition) is 1. The van der Waals surface area contributed by atoms with Crippen molar-refractivity contribution in [3.05, 3.63) is 53.6 Å². The SMILES string of the molecule is O=C(O)c1nc(-c2ccccc2)oc1-c1ccoc1Cl. The molecule has 6 heteroatoms. The topological polar surface area (TPSA) is 76.5 Å². The molecule has 0 atom stereocenters. The first kappa shape index (κ1) is 12.5. The number of furan rings is 1. The van der Waals surface area contributed by atoms with Crippen molar-refractivity contribution < 1.29 is 18.7 Å². The molecule has 20 heavy (non-hydrogen) atoms. The summed E-state index contributed by atoms with van der Waals surface area (Å²) in [6, 6.07) is 10.5. The van der Waals surface area contributed by atoms with Crippen molar-refractivity contribution in [2.45, 2.75) is 0 Å². The smallest absolute Gasteiger partial charge is 0.358 e. The highest BCUT2D eigenvalue weighted by molar-refractivity contribution is 6.31. The van der Waals surface area contributed by atoms with Crippen molar-refractivity contribution in [3.8, 4) is 22.8 Å². The minimum absolute atomic E-state index is 0.0586. The fourth-order valence-electron chi connectivity index (χ4n) is 1.81. The lowest BCUT2D eigenvalue weighted by molar-refractivity contribution is 0.0691. The molecule has 0 saturated carbocycles. The van der Waals surface area contributed by atoms with E-state index in [9.17, 15) is 9.90 Å². The molecule has 1 aromatic carbocycles. The molecule has 0 fully saturated rings. The molecule has 3 aromatic rings. The number of rotatable bonds is 3. The van der Waals surface area contributed by atoms with Crippen molar-refractivity contribution in [1.29, 1.82) is 0 Å². The summed E-state index contributed by atoms with van der Waals surface area (Å²) in [4.78, 5) is 15.3. The van der Waals surface area contributed by atoms with E-state index in [0.717, 1.165) is 0 Å². The summed E-state index contributed by atoms with van der Waals surface area (Å²) in [6.45, 7) is 0. The van der Waals surface area contributed by atoms with Crippen molar-refractivity contribution in [2.75, 3.05) is 0 Å². The van der Waals surface area contributed by atoms with Crippen LogP contribution in [0.1, 0.15) is 10.5 Å². The summed E-state index contributed by atoms with van der Waals surface area (Å²) >= 11 is 5.86. The third-order valence-electron chi connectivity index (χ3n) is 2.71. The fraction of sp³-hybridized carbons (Fsp3) is 0. The van der Waals surface area contributed by atoms with Crippen LogP contribution in [-0.2, 0) is 0 Å². The minimum Gasteiger partial charge on any atom is -0.476 e. The van der Waals surface area contributed by atoms with E-state index >= 15 is 0 Å². The van der Waals surface area contributed by atoms with Crippen molar-refractivity contribution >= 4 is 17.6 Å². The van der Waals surface area contributed by atoms with Gasteiger partial charge in [0.2, 0.25) is 11.1 Å². The van der Waals surface area contributed by atoms with Gasteiger partial charge in [-0.3, -0.25) is 0 Å². The number of carboxylic acids is 1. The number of carbonyl (C=O) groups is 1. The lowest BCUT2D eigenvalue weighted by atomic mass is 10.2. The maximum absolute atomic E-state index is 11.3. The summed E-state index contributed by atoms with van der Waals surface area (Å²) in [7, 11) is 0. The summed E-state index contributed by atoms with van der Waals surface area (Å²) in [5.74, 6) is -0.895. The molecule has 0 spiro atoms. The molecule has 1 N–H and O–H groups in total. The number of aromatic carboxylic acids is 1. The van der Waals surface area contributed by atoms with Crippen molar-refractivity contribution in [1.82, 2.24) is 4.98 Å². The Bertz CT molecular complexity index is 761. The first-order chi connectivity index (χ1) is 9.66. The Kier molecular flexibility index (Phi) is 3.04. The molecule has 2 aromatic heterocycles. The molecule has 0 unspecified atom stereocenters. The van der Waals surface area contributed by atoms with E-state index in [0.29, 0.717) is 11.1 Å². The first-order valence-corrected chi connectivity index (χ1v) is 6.07. The Morgan fingerprint density at radius 2 is 1.95 bits per heavy atom. The number of oxazole rings is 1. The van der Waals surface area contributed by atoms with Crippen LogP contribution in [-0.4, -0.2) is 16.1 Å². The predicted molar refractivity (Wildman–Crippen MR) is 71.6 cm³/mol. The number of benzene rings is 1. The highest BCUT2D eigenvalue weighted by Gasteiger charge is 2.24. The molecule has 0 radical (unpaired) electrons. The molecular formula is C14H8ClNO4. The Hall–Kier alpha value is -2.53. The minimum atomic E-state index is -1.19. The van der Waals surface area contributed by atoms with Gasteiger partial charge >= 0.3 is 5.97 Å². The van der Waals surface area contributed by atoms with Crippen LogP contribution in [0.5, 0.6) is 0 Å². The van der Waals surface area contributed by atoms with E-state index in [1.54, 1.807) is 12.1 Å². The molecule has 0 saturated heterocycles. The number of aromatic nitrogens is 1. The van der Waals surface area contributed by atoms with Crippen LogP contribution in [0.25, 0.3) is 22.8 Å². The third-order valence-corrected chi connectivity index (χ3v) is 3.01. The molecule has 2 heterocycles. The van der Waals surface area contributed by atoms with E-state index < -0.39 is 5.97 Å². The summed E-state index contributed by atoms with van der Waals surface area (Å²) in [6.07, 6.45) is 1.36. The largest absolute Gasteiger partial charge is 0.476 e. The molecule has 0 aliphatic carbocycles. The summed E-state index contributed by atoms with van der Waals surface area (Å²) in [5, 5.41) is 9.28. The van der Waals surface area contributed by atoms with Gasteiger partial charge in [0.1, 0.15) is 0 Å². The zero-order valence-corrected chi connectivity index (χ0v) is 10.8. The van der Waals surface area contributed by atoms with Crippen LogP contribution < -0.4 is 0 Å². The quantitative estimate of drug-likeness (QED) is 0.790. The normalized spacial score (nSPS) is 10.7. The number of hydrogen-bond acceptors (Lipinski definition) is 4. The monoisotopic (exact) mass is 289 g/mol. The highest BCUT2D eigenvalue weighted by atomic mass is 35.5. The molecule has 5 nitrogen and oxygen atoms in total. The van der Waals surface area contributed by atoms with Gasteiger partial charge in [-0.25, -0.2) is 9.78 Å². The molecule has 0 amide bonds. The van der Waals surface area contributed by atoms with E-state index in [1.807, 2.05) is 18.2 Å². The van der Waals surface area contributed by atoms with Gasteiger partial charge in [0, 0.05) is 5.56 Å². The molecule has 100 valence electrons. The highest BCUT2D eigenvalue weighted by Crippen LogP contribution is 2.34. The van der Waals surface area contributed by atoms with E-state index in [-0.39, 0.29) is 22.6 Å². The average Bonchev–Trinajstić information content (AvgIpc) is 3.05. The van der Waals surface area contributed by atoms with Crippen LogP contribution in [0, 0.1) is 0 Å². The Labute approximate surface area is 118 Å². The van der Waals surface area contributed by atoms with Gasteiger partial charge in [-0.15, -0.1) is 0 Å². The van der Waals surface area contributed by atoms with E-state index in [1.165, 1.54) is 12.3 Å². The maximum atomic E-state index is 11.3. The van der Waals surface area contributed by atoms with Gasteiger partial charge < -0.3 is 13.9 Å². The lowest BCUT2D eigenvalue weighted by Gasteiger charge is -1.94. The Morgan fingerprint density at radius 3 is 2.55 bits per heavy atom. The molecule has 0 aliphatic rings. The first-order valence-electron chi connectivity index (χ1n) is 5.69. The zero-order chi connectivity index (χ0) is 14.1. The van der Waals surface area contributed by atoms with Crippen LogP contribution in [0.15, 0.2) is 51.5 Å². The van der Waals surface area contributed by atoms with Gasteiger partial charge in [-0.1, -0.05) is 18.2 Å². The average molecular weight is 290 g/mol. The van der Waals surface area contributed by atoms with Crippen LogP contribution >= 0.6 is 11.6 Å². The second-order valence-electron chi connectivity index (χ2n) is 3.98. The third kappa shape index (κ3) is 2.08. The molecule has 0 bridgehead atoms. The molecule has 0 aliphatic heterocycles. The maximum Gasteiger partial charge on any atom is 0.358 e. The van der Waals surface area contributed by atoms with Crippen LogP contribution in [0.3, 0.4) is 0 Å². The van der Waals surface area contributed by atoms with Gasteiger partial charge in [0.05, 0.1) is 11.8 Å². The predicted octanol–water partition coefficient (Wildman–Crippen LogP) is 3.95. The Balaban J connectivity index is 2.18. The van der Waals surface area contributed by atoms with Crippen molar-refractivity contribution in [3.63, 3.8) is 0 Å². The summed E-state index contributed by atoms with van der Waals surface area (Å²) in [5.41, 5.74) is 0.840. The second-order valence-corrected chi connectivity index (χ2v) is 4.32. The van der Waals surface area contributed by atoms with Crippen LogP contribution in [0.4, 0.5) is 0 Å². The fourth-order valence-corrected chi connectivity index (χ4v) is 2.01. The molecule has 3 rings (SSSR count). The van der Waals surface area contributed by atoms with Crippen LogP contribution in [0.2, 0.25) is 5.22 Å². The van der Waals surface area contributed by atoms with Crippen molar-refractivity contribution in [2.24, 2.45) is 0 Å². The summed E-state index contributed by atoms with van der Waals surface area (Å²) < 4.78 is 10.5. The number of nitrogens with zero attached hydrogens (tertiary/aromatic N) is 1.